The van der Waals surface area contributed by atoms with Gasteiger partial charge >= 0.3 is 68.0 Å². The third kappa shape index (κ3) is 8.96. The van der Waals surface area contributed by atoms with Gasteiger partial charge in [0.15, 0.2) is 0 Å². The van der Waals surface area contributed by atoms with Gasteiger partial charge in [0.1, 0.15) is 0 Å². The van der Waals surface area contributed by atoms with Gasteiger partial charge in [-0.3, -0.25) is 0 Å². The van der Waals surface area contributed by atoms with Gasteiger partial charge in [-0.05, 0) is 0 Å². The van der Waals surface area contributed by atoms with Gasteiger partial charge in [-0.1, -0.05) is 0 Å². The molecule has 0 rings (SSSR count). The summed E-state index contributed by atoms with van der Waals surface area (Å²) in [5, 5.41) is 0. The van der Waals surface area contributed by atoms with E-state index in [4.69, 9.17) is 0 Å². The van der Waals surface area contributed by atoms with Crippen LogP contribution in [0.25, 0.3) is 0 Å². The average Bonchev–Trinajstić information content (AvgIpc) is 0. The molecule has 0 saturated heterocycles. The SMILES string of the molecule is [Cr+2].[Cu+].[Fe+2].[Ni+2]. The zero-order valence-electron chi connectivity index (χ0n) is 1.38. The van der Waals surface area contributed by atoms with Crippen molar-refractivity contribution in [2.45, 2.75) is 0 Å². The van der Waals surface area contributed by atoms with E-state index in [1.54, 1.807) is 0 Å². The smallest absolute Gasteiger partial charge is 1.00 e. The summed E-state index contributed by atoms with van der Waals surface area (Å²) in [5.41, 5.74) is 0. The molecule has 0 amide bonds. The van der Waals surface area contributed by atoms with Crippen molar-refractivity contribution < 1.29 is 68.0 Å². The fraction of sp³-hybridized carbons (Fsp3) is 0. The summed E-state index contributed by atoms with van der Waals surface area (Å²) in [7, 11) is 0. The second kappa shape index (κ2) is 19.6. The van der Waals surface area contributed by atoms with Crippen molar-refractivity contribution in [2.75, 3.05) is 0 Å². The molecule has 0 N–H and O–H groups in total. The zero-order chi connectivity index (χ0) is 0. The third-order valence-corrected chi connectivity index (χ3v) is 0. The molecule has 0 atom stereocenters. The largest absolute Gasteiger partial charge is 2.00 e. The maximum Gasteiger partial charge on any atom is 2.00 e. The van der Waals surface area contributed by atoms with Crippen molar-refractivity contribution in [3.05, 3.63) is 0 Å². The van der Waals surface area contributed by atoms with Gasteiger partial charge < -0.3 is 0 Å². The molecule has 0 saturated carbocycles. The number of hydrogen-bond donors (Lipinski definition) is 0. The van der Waals surface area contributed by atoms with Crippen LogP contribution >= 0.6 is 0 Å². The van der Waals surface area contributed by atoms with E-state index in [-0.39, 0.29) is 68.0 Å². The van der Waals surface area contributed by atoms with E-state index in [9.17, 15) is 0 Å². The van der Waals surface area contributed by atoms with Gasteiger partial charge in [-0.25, -0.2) is 0 Å². The molecule has 0 spiro atoms. The molecule has 0 aliphatic carbocycles. The van der Waals surface area contributed by atoms with Gasteiger partial charge in [-0.15, -0.1) is 0 Å². The Morgan fingerprint density at radius 2 is 1.00 bits per heavy atom. The fourth-order valence-electron chi connectivity index (χ4n) is 0. The molecule has 0 heterocycles. The van der Waals surface area contributed by atoms with E-state index < -0.39 is 0 Å². The topological polar surface area (TPSA) is 0 Å². The molecule has 28 valence electrons. The van der Waals surface area contributed by atoms with E-state index in [2.05, 4.69) is 0 Å². The first-order valence-corrected chi connectivity index (χ1v) is 0. The minimum absolute atomic E-state index is 0. The van der Waals surface area contributed by atoms with Gasteiger partial charge in [0.25, 0.3) is 0 Å². The molecule has 4 heteroatoms. The van der Waals surface area contributed by atoms with Crippen molar-refractivity contribution in [1.29, 1.82) is 0 Å². The maximum atomic E-state index is 0. The van der Waals surface area contributed by atoms with Crippen LogP contribution < -0.4 is 0 Å². The van der Waals surface area contributed by atoms with E-state index in [1.807, 2.05) is 0 Å². The second-order valence-corrected chi connectivity index (χ2v) is 0. The predicted octanol–water partition coefficient (Wildman–Crippen LogP) is -0.0100. The molecule has 0 aromatic heterocycles. The molecule has 0 aliphatic rings. The quantitative estimate of drug-likeness (QED) is 0.513. The fourth-order valence-corrected chi connectivity index (χ4v) is 0. The van der Waals surface area contributed by atoms with Crippen LogP contribution in [0.2, 0.25) is 0 Å². The summed E-state index contributed by atoms with van der Waals surface area (Å²) >= 11 is 0. The zero-order valence-corrected chi connectivity index (χ0v) is 5.69. The van der Waals surface area contributed by atoms with Gasteiger partial charge in [0, 0.05) is 0 Å². The minimum atomic E-state index is 0. The van der Waals surface area contributed by atoms with E-state index in [1.165, 1.54) is 0 Å². The van der Waals surface area contributed by atoms with E-state index in [0.29, 0.717) is 0 Å². The van der Waals surface area contributed by atoms with Crippen molar-refractivity contribution in [3.63, 3.8) is 0 Å². The molecule has 0 bridgehead atoms. The molecule has 0 aromatic carbocycles. The van der Waals surface area contributed by atoms with Gasteiger partial charge in [-0.2, -0.15) is 0 Å². The standard InChI is InChI=1S/Cr.Cu.Fe.Ni/q+2;+1;2*+2. The average molecular weight is 230 g/mol. The summed E-state index contributed by atoms with van der Waals surface area (Å²) in [5.74, 6) is 0. The molecular formula is CrCuFeNi+7. The summed E-state index contributed by atoms with van der Waals surface area (Å²) < 4.78 is 0. The monoisotopic (exact) mass is 229 g/mol. The third-order valence-electron chi connectivity index (χ3n) is 0. The van der Waals surface area contributed by atoms with Gasteiger partial charge in [0.2, 0.25) is 0 Å². The number of hydrogen-bond acceptors (Lipinski definition) is 0. The Kier molecular flexibility index (Phi) is 179. The van der Waals surface area contributed by atoms with Crippen LogP contribution in [0, 0.1) is 0 Å². The normalized spacial score (nSPS) is 0. The summed E-state index contributed by atoms with van der Waals surface area (Å²) in [6.45, 7) is 0. The summed E-state index contributed by atoms with van der Waals surface area (Å²) in [6.07, 6.45) is 0. The first-order valence-electron chi connectivity index (χ1n) is 0. The van der Waals surface area contributed by atoms with Crippen LogP contribution in [0.4, 0.5) is 0 Å². The van der Waals surface area contributed by atoms with Crippen molar-refractivity contribution >= 4 is 0 Å². The molecule has 0 aliphatic heterocycles. The Labute approximate surface area is 67.5 Å². The van der Waals surface area contributed by atoms with Crippen molar-refractivity contribution in [1.82, 2.24) is 0 Å². The summed E-state index contributed by atoms with van der Waals surface area (Å²) in [6, 6.07) is 0. The Morgan fingerprint density at radius 1 is 1.00 bits per heavy atom. The molecule has 0 aromatic rings. The van der Waals surface area contributed by atoms with Crippen molar-refractivity contribution in [2.24, 2.45) is 0 Å². The van der Waals surface area contributed by atoms with Crippen LogP contribution in [0.15, 0.2) is 0 Å². The molecule has 0 unspecified atom stereocenters. The van der Waals surface area contributed by atoms with Crippen molar-refractivity contribution in [3.8, 4) is 0 Å². The molecule has 0 nitrogen and oxygen atoms in total. The maximum absolute atomic E-state index is 0. The van der Waals surface area contributed by atoms with Crippen LogP contribution in [0.1, 0.15) is 0 Å². The Morgan fingerprint density at radius 3 is 1.00 bits per heavy atom. The molecule has 0 fully saturated rings. The first-order chi connectivity index (χ1) is 0. The Bertz CT molecular complexity index is 8.00. The van der Waals surface area contributed by atoms with E-state index in [0.717, 1.165) is 0 Å². The second-order valence-electron chi connectivity index (χ2n) is 0. The molecule has 0 radical (unpaired) electrons. The Balaban J connectivity index is 0. The number of rotatable bonds is 0. The first kappa shape index (κ1) is 36.5. The van der Waals surface area contributed by atoms with E-state index >= 15 is 0 Å². The Hall–Kier alpha value is 2.06. The summed E-state index contributed by atoms with van der Waals surface area (Å²) in [4.78, 5) is 0. The van der Waals surface area contributed by atoms with Crippen LogP contribution in [0.3, 0.4) is 0 Å². The molecule has 4 heavy (non-hydrogen) atoms. The van der Waals surface area contributed by atoms with Crippen LogP contribution in [-0.4, -0.2) is 0 Å². The molecular weight excluding hydrogens is 230 g/mol. The van der Waals surface area contributed by atoms with Crippen LogP contribution in [0.5, 0.6) is 0 Å². The van der Waals surface area contributed by atoms with Crippen LogP contribution in [-0.2, 0) is 68.0 Å². The minimum Gasteiger partial charge on any atom is 1.00 e. The predicted molar refractivity (Wildman–Crippen MR) is 0 cm³/mol. The van der Waals surface area contributed by atoms with Gasteiger partial charge in [0.05, 0.1) is 0 Å².